The number of nitrogens with zero attached hydrogens (tertiary/aromatic N) is 2. The predicted molar refractivity (Wildman–Crippen MR) is 165 cm³/mol. The molecular weight excluding hydrogens is 845 g/mol. The first-order valence-corrected chi connectivity index (χ1v) is 16.5. The van der Waals surface area contributed by atoms with Crippen LogP contribution in [0, 0.1) is 15.9 Å². The second-order valence-corrected chi connectivity index (χ2v) is 12.6. The molecule has 1 radical (unpaired) electrons. The van der Waals surface area contributed by atoms with Gasteiger partial charge in [0.25, 0.3) is 0 Å². The molecule has 0 bridgehead atoms. The summed E-state index contributed by atoms with van der Waals surface area (Å²) >= 11 is -0.628. The summed E-state index contributed by atoms with van der Waals surface area (Å²) in [5.74, 6) is 0.547. The third kappa shape index (κ3) is 7.75. The van der Waals surface area contributed by atoms with Crippen LogP contribution in [0.5, 0.6) is 0 Å². The number of allylic oxidation sites excluding steroid dienone is 2. The minimum absolute atomic E-state index is 0. The summed E-state index contributed by atoms with van der Waals surface area (Å²) in [6.07, 6.45) is 1.62. The first kappa shape index (κ1) is 34.9. The van der Waals surface area contributed by atoms with Gasteiger partial charge in [0.2, 0.25) is 0 Å². The van der Waals surface area contributed by atoms with Crippen molar-refractivity contribution in [2.45, 2.75) is 59.6 Å². The van der Waals surface area contributed by atoms with Crippen molar-refractivity contribution in [2.24, 2.45) is 11.8 Å². The van der Waals surface area contributed by atoms with Crippen molar-refractivity contribution < 1.29 is 43.2 Å². The molecule has 5 rings (SSSR count). The molecule has 0 atom stereocenters. The molecule has 5 aromatic rings. The van der Waals surface area contributed by atoms with Gasteiger partial charge in [-0.1, -0.05) is 27.7 Å². The standard InChI is InChI=1S/C21H10F3N2Te.C13H24O2.Ir/c22-21(23,24)18-13-6-2-1-5-12(13)9-15-19(25-11-26-20(15)18)16-10-27-17-8-4-3-7-14(16)17;1-5-10(6-2)12(14)9-13(15)11(7-3)8-4;/h1-9,11H;9-11,14H,5-8H2,1-4H3;/q-1;;/b;12-9-;. The Morgan fingerprint density at radius 1 is 0.907 bits per heavy atom. The van der Waals surface area contributed by atoms with E-state index in [0.717, 1.165) is 36.6 Å². The minimum Gasteiger partial charge on any atom is 0 e. The van der Waals surface area contributed by atoms with E-state index in [1.165, 1.54) is 21.9 Å². The molecule has 43 heavy (non-hydrogen) atoms. The van der Waals surface area contributed by atoms with Crippen molar-refractivity contribution in [2.75, 3.05) is 0 Å². The number of hydrogen-bond acceptors (Lipinski definition) is 4. The number of carbonyl (C=O) groups is 1. The molecule has 9 heteroatoms. The van der Waals surface area contributed by atoms with Gasteiger partial charge >= 0.3 is 162 Å². The Hall–Kier alpha value is -2.56. The third-order valence-electron chi connectivity index (χ3n) is 7.67. The Labute approximate surface area is 273 Å². The number of fused-ring (bicyclic) bond motifs is 3. The maximum absolute atomic E-state index is 13.9. The monoisotopic (exact) mass is 882 g/mol. The number of aliphatic hydroxyl groups is 1. The average molecular weight is 879 g/mol. The molecule has 0 saturated heterocycles. The van der Waals surface area contributed by atoms with E-state index < -0.39 is 32.2 Å². The van der Waals surface area contributed by atoms with E-state index in [0.29, 0.717) is 16.5 Å². The largest absolute Gasteiger partial charge is 0 e. The van der Waals surface area contributed by atoms with E-state index in [9.17, 15) is 23.1 Å². The topological polar surface area (TPSA) is 63.1 Å². The summed E-state index contributed by atoms with van der Waals surface area (Å²) < 4.78 is 46.4. The molecule has 0 aliphatic rings. The van der Waals surface area contributed by atoms with Gasteiger partial charge in [-0.3, -0.25) is 4.79 Å². The molecule has 2 heterocycles. The van der Waals surface area contributed by atoms with Crippen LogP contribution in [0.1, 0.15) is 58.9 Å². The maximum Gasteiger partial charge on any atom is 0 e. The van der Waals surface area contributed by atoms with E-state index >= 15 is 0 Å². The number of hydrogen-bond donors (Lipinski definition) is 1. The van der Waals surface area contributed by atoms with Gasteiger partial charge in [-0.05, 0) is 25.7 Å². The molecule has 0 fully saturated rings. The second-order valence-electron chi connectivity index (χ2n) is 10.2. The average Bonchev–Trinajstić information content (AvgIpc) is 3.40. The number of alkyl halides is 3. The van der Waals surface area contributed by atoms with Crippen LogP contribution < -0.4 is 0 Å². The zero-order chi connectivity index (χ0) is 30.4. The van der Waals surface area contributed by atoms with Gasteiger partial charge in [0.05, 0.1) is 5.76 Å². The molecule has 0 aliphatic carbocycles. The fraction of sp³-hybridized carbons (Fsp3) is 0.324. The zero-order valence-electron chi connectivity index (χ0n) is 24.5. The number of rotatable bonds is 8. The Morgan fingerprint density at radius 3 is 2.14 bits per heavy atom. The molecular formula is C34H34F3IrN2O2Te-. The molecule has 1 N–H and O–H groups in total. The van der Waals surface area contributed by atoms with Crippen LogP contribution in [0.15, 0.2) is 72.8 Å². The molecule has 229 valence electrons. The van der Waals surface area contributed by atoms with Crippen LogP contribution in [0.3, 0.4) is 0 Å². The third-order valence-corrected chi connectivity index (χ3v) is 10.2. The van der Waals surface area contributed by atoms with Crippen molar-refractivity contribution in [3.63, 3.8) is 0 Å². The van der Waals surface area contributed by atoms with Crippen molar-refractivity contribution in [3.05, 3.63) is 82.4 Å². The molecule has 2 aromatic heterocycles. The van der Waals surface area contributed by atoms with Crippen LogP contribution >= 0.6 is 0 Å². The van der Waals surface area contributed by atoms with E-state index in [-0.39, 0.29) is 54.4 Å². The molecule has 0 saturated carbocycles. The summed E-state index contributed by atoms with van der Waals surface area (Å²) in [5.41, 5.74) is 0.545. The van der Waals surface area contributed by atoms with E-state index in [4.69, 9.17) is 0 Å². The predicted octanol–water partition coefficient (Wildman–Crippen LogP) is 9.35. The Morgan fingerprint density at radius 2 is 1.51 bits per heavy atom. The Bertz CT molecular complexity index is 1720. The van der Waals surface area contributed by atoms with Gasteiger partial charge in [-0.15, -0.1) is 0 Å². The summed E-state index contributed by atoms with van der Waals surface area (Å²) in [6.45, 7) is 8.07. The summed E-state index contributed by atoms with van der Waals surface area (Å²) in [7, 11) is 0. The number of aromatic nitrogens is 2. The molecule has 0 unspecified atom stereocenters. The normalized spacial score (nSPS) is 12.1. The van der Waals surface area contributed by atoms with Gasteiger partial charge in [-0.2, -0.15) is 0 Å². The van der Waals surface area contributed by atoms with Gasteiger partial charge < -0.3 is 5.11 Å². The summed E-state index contributed by atoms with van der Waals surface area (Å²) in [6, 6.07) is 16.2. The van der Waals surface area contributed by atoms with Gasteiger partial charge in [0.1, 0.15) is 0 Å². The smallest absolute Gasteiger partial charge is 0 e. The van der Waals surface area contributed by atoms with Crippen molar-refractivity contribution >= 4 is 56.7 Å². The SMILES string of the molecule is CCC(CC)C(=O)/C=C(\O)C(CC)CC.FC(F)(F)c1c2ccccc2cc2c(-c3[c-][te]c4ccccc34)ncnc12.[Ir]. The molecule has 0 spiro atoms. The molecule has 0 aliphatic heterocycles. The van der Waals surface area contributed by atoms with Crippen LogP contribution in [-0.4, -0.2) is 41.3 Å². The summed E-state index contributed by atoms with van der Waals surface area (Å²) in [5, 5.41) is 11.9. The maximum atomic E-state index is 13.9. The Balaban J connectivity index is 0.000000274. The number of halogens is 3. The van der Waals surface area contributed by atoms with Crippen LogP contribution in [-0.2, 0) is 31.1 Å². The van der Waals surface area contributed by atoms with E-state index in [1.54, 1.807) is 24.3 Å². The number of aliphatic hydroxyl groups excluding tert-OH is 1. The first-order chi connectivity index (χ1) is 20.1. The molecule has 3 aromatic carbocycles. The Kier molecular flexibility index (Phi) is 12.5. The number of carbonyl (C=O) groups excluding carboxylic acids is 1. The minimum atomic E-state index is -4.51. The van der Waals surface area contributed by atoms with Gasteiger partial charge in [0.15, 0.2) is 5.78 Å². The van der Waals surface area contributed by atoms with Gasteiger partial charge in [-0.25, -0.2) is 0 Å². The fourth-order valence-corrected chi connectivity index (χ4v) is 7.64. The van der Waals surface area contributed by atoms with Crippen molar-refractivity contribution in [3.8, 4) is 11.3 Å². The van der Waals surface area contributed by atoms with Gasteiger partial charge in [0, 0.05) is 38.0 Å². The van der Waals surface area contributed by atoms with E-state index in [1.807, 2.05) is 45.9 Å². The number of ketones is 1. The number of benzene rings is 3. The van der Waals surface area contributed by atoms with E-state index in [2.05, 4.69) is 20.1 Å². The second kappa shape index (κ2) is 15.4. The zero-order valence-corrected chi connectivity index (χ0v) is 29.2. The first-order valence-electron chi connectivity index (χ1n) is 14.2. The van der Waals surface area contributed by atoms with Crippen LogP contribution in [0.2, 0.25) is 0 Å². The van der Waals surface area contributed by atoms with Crippen molar-refractivity contribution in [1.82, 2.24) is 9.97 Å². The van der Waals surface area contributed by atoms with Crippen molar-refractivity contribution in [1.29, 1.82) is 0 Å². The van der Waals surface area contributed by atoms with Crippen LogP contribution in [0.4, 0.5) is 13.2 Å². The quantitative estimate of drug-likeness (QED) is 0.0556. The molecule has 4 nitrogen and oxygen atoms in total. The fourth-order valence-electron chi connectivity index (χ4n) is 5.23. The van der Waals surface area contributed by atoms with Crippen LogP contribution in [0.25, 0.3) is 41.7 Å². The molecule has 0 amide bonds. The summed E-state index contributed by atoms with van der Waals surface area (Å²) in [4.78, 5) is 20.1.